The van der Waals surface area contributed by atoms with E-state index in [2.05, 4.69) is 40.2 Å². The molecule has 0 saturated carbocycles. The van der Waals surface area contributed by atoms with Crippen LogP contribution in [0.4, 0.5) is 0 Å². The third-order valence-electron chi connectivity index (χ3n) is 3.19. The van der Waals surface area contributed by atoms with Gasteiger partial charge in [-0.1, -0.05) is 36.4 Å². The Hall–Kier alpha value is -1.71. The Morgan fingerprint density at radius 2 is 2.06 bits per heavy atom. The van der Waals surface area contributed by atoms with E-state index in [1.807, 2.05) is 18.3 Å². The lowest BCUT2D eigenvalue weighted by Gasteiger charge is -2.13. The third kappa shape index (κ3) is 2.58. The van der Waals surface area contributed by atoms with Crippen LogP contribution in [-0.2, 0) is 11.3 Å². The predicted molar refractivity (Wildman–Crippen MR) is 69.8 cm³/mol. The van der Waals surface area contributed by atoms with Crippen molar-refractivity contribution in [3.05, 3.63) is 66.0 Å². The third-order valence-corrected chi connectivity index (χ3v) is 3.19. The maximum Gasteiger partial charge on any atom is 0.100 e. The average molecular weight is 240 g/mol. The van der Waals surface area contributed by atoms with Gasteiger partial charge < -0.3 is 4.74 Å². The van der Waals surface area contributed by atoms with Gasteiger partial charge in [-0.3, -0.25) is 9.88 Å². The Morgan fingerprint density at radius 1 is 1.17 bits per heavy atom. The number of benzene rings is 1. The van der Waals surface area contributed by atoms with Gasteiger partial charge >= 0.3 is 0 Å². The average Bonchev–Trinajstić information content (AvgIpc) is 2.89. The van der Waals surface area contributed by atoms with Crippen molar-refractivity contribution in [1.29, 1.82) is 0 Å². The van der Waals surface area contributed by atoms with Gasteiger partial charge in [0.2, 0.25) is 0 Å². The number of hydrogen-bond donors (Lipinski definition) is 0. The monoisotopic (exact) mass is 240 g/mol. The summed E-state index contributed by atoms with van der Waals surface area (Å²) in [5.41, 5.74) is 2.49. The van der Waals surface area contributed by atoms with Gasteiger partial charge in [0.15, 0.2) is 0 Å². The molecular formula is C15H16N2O. The first-order chi connectivity index (χ1) is 8.92. The Morgan fingerprint density at radius 3 is 2.83 bits per heavy atom. The first-order valence-electron chi connectivity index (χ1n) is 6.19. The molecule has 1 aliphatic heterocycles. The zero-order chi connectivity index (χ0) is 12.2. The second-order valence-electron chi connectivity index (χ2n) is 4.57. The van der Waals surface area contributed by atoms with Crippen LogP contribution in [0, 0.1) is 0 Å². The topological polar surface area (TPSA) is 25.4 Å². The SMILES string of the molecule is c1ccc(CN2COC(c3cccnc3)C2)cc1. The minimum Gasteiger partial charge on any atom is -0.357 e. The molecular weight excluding hydrogens is 224 g/mol. The van der Waals surface area contributed by atoms with Crippen LogP contribution in [0.15, 0.2) is 54.9 Å². The molecule has 1 aromatic heterocycles. The molecule has 0 spiro atoms. The summed E-state index contributed by atoms with van der Waals surface area (Å²) in [6.07, 6.45) is 3.83. The van der Waals surface area contributed by atoms with E-state index in [0.29, 0.717) is 6.73 Å². The standard InChI is InChI=1S/C15H16N2O/c1-2-5-13(6-3-1)10-17-11-15(18-12-17)14-7-4-8-16-9-14/h1-9,15H,10-12H2. The van der Waals surface area contributed by atoms with Gasteiger partial charge in [0.25, 0.3) is 0 Å². The molecule has 1 unspecified atom stereocenters. The fourth-order valence-electron chi connectivity index (χ4n) is 2.26. The maximum absolute atomic E-state index is 5.81. The van der Waals surface area contributed by atoms with E-state index in [9.17, 15) is 0 Å². The van der Waals surface area contributed by atoms with Gasteiger partial charge in [-0.25, -0.2) is 0 Å². The second kappa shape index (κ2) is 5.29. The fraction of sp³-hybridized carbons (Fsp3) is 0.267. The Kier molecular flexibility index (Phi) is 3.35. The van der Waals surface area contributed by atoms with E-state index >= 15 is 0 Å². The van der Waals surface area contributed by atoms with Gasteiger partial charge in [-0.15, -0.1) is 0 Å². The van der Waals surface area contributed by atoms with Crippen LogP contribution in [0.3, 0.4) is 0 Å². The highest BCUT2D eigenvalue weighted by Gasteiger charge is 2.24. The quantitative estimate of drug-likeness (QED) is 0.824. The molecule has 0 N–H and O–H groups in total. The highest BCUT2D eigenvalue weighted by Crippen LogP contribution is 2.24. The number of rotatable bonds is 3. The zero-order valence-electron chi connectivity index (χ0n) is 10.2. The van der Waals surface area contributed by atoms with Crippen molar-refractivity contribution in [2.24, 2.45) is 0 Å². The molecule has 0 bridgehead atoms. The van der Waals surface area contributed by atoms with E-state index in [4.69, 9.17) is 4.74 Å². The summed E-state index contributed by atoms with van der Waals surface area (Å²) in [7, 11) is 0. The highest BCUT2D eigenvalue weighted by molar-refractivity contribution is 5.16. The largest absolute Gasteiger partial charge is 0.357 e. The lowest BCUT2D eigenvalue weighted by atomic mass is 10.1. The smallest absolute Gasteiger partial charge is 0.100 e. The van der Waals surface area contributed by atoms with Crippen molar-refractivity contribution in [2.45, 2.75) is 12.6 Å². The van der Waals surface area contributed by atoms with E-state index in [-0.39, 0.29) is 6.10 Å². The Balaban J connectivity index is 1.62. The normalized spacial score (nSPS) is 20.1. The van der Waals surface area contributed by atoms with Crippen LogP contribution in [0.25, 0.3) is 0 Å². The number of pyridine rings is 1. The minimum absolute atomic E-state index is 0.155. The van der Waals surface area contributed by atoms with E-state index in [1.165, 1.54) is 5.56 Å². The lowest BCUT2D eigenvalue weighted by molar-refractivity contribution is 0.0878. The van der Waals surface area contributed by atoms with Crippen LogP contribution >= 0.6 is 0 Å². The molecule has 3 nitrogen and oxygen atoms in total. The van der Waals surface area contributed by atoms with Gasteiger partial charge in [-0.2, -0.15) is 0 Å². The fourth-order valence-corrected chi connectivity index (χ4v) is 2.26. The molecule has 0 aliphatic carbocycles. The van der Waals surface area contributed by atoms with Crippen LogP contribution in [0.2, 0.25) is 0 Å². The predicted octanol–water partition coefficient (Wildman–Crippen LogP) is 2.61. The molecule has 1 saturated heterocycles. The molecule has 92 valence electrons. The van der Waals surface area contributed by atoms with Crippen LogP contribution in [-0.4, -0.2) is 23.2 Å². The Labute approximate surface area is 107 Å². The summed E-state index contributed by atoms with van der Waals surface area (Å²) < 4.78 is 5.81. The molecule has 0 radical (unpaired) electrons. The van der Waals surface area contributed by atoms with E-state index in [1.54, 1.807) is 6.20 Å². The van der Waals surface area contributed by atoms with Crippen molar-refractivity contribution in [1.82, 2.24) is 9.88 Å². The van der Waals surface area contributed by atoms with Crippen LogP contribution < -0.4 is 0 Å². The molecule has 3 heteroatoms. The molecule has 18 heavy (non-hydrogen) atoms. The summed E-state index contributed by atoms with van der Waals surface area (Å²) in [6, 6.07) is 14.5. The van der Waals surface area contributed by atoms with Crippen molar-refractivity contribution >= 4 is 0 Å². The van der Waals surface area contributed by atoms with Crippen LogP contribution in [0.5, 0.6) is 0 Å². The molecule has 1 aromatic carbocycles. The zero-order valence-corrected chi connectivity index (χ0v) is 10.2. The van der Waals surface area contributed by atoms with Gasteiger partial charge in [0.1, 0.15) is 6.73 Å². The maximum atomic E-state index is 5.81. The molecule has 0 amide bonds. The summed E-state index contributed by atoms with van der Waals surface area (Å²) in [4.78, 5) is 6.45. The summed E-state index contributed by atoms with van der Waals surface area (Å²) in [6.45, 7) is 2.56. The summed E-state index contributed by atoms with van der Waals surface area (Å²) in [5.74, 6) is 0. The lowest BCUT2D eigenvalue weighted by Crippen LogP contribution is -2.19. The van der Waals surface area contributed by atoms with Gasteiger partial charge in [0.05, 0.1) is 6.10 Å². The number of ether oxygens (including phenoxy) is 1. The van der Waals surface area contributed by atoms with Gasteiger partial charge in [0, 0.05) is 31.0 Å². The van der Waals surface area contributed by atoms with Crippen LogP contribution in [0.1, 0.15) is 17.2 Å². The molecule has 1 aliphatic rings. The van der Waals surface area contributed by atoms with Crippen molar-refractivity contribution in [2.75, 3.05) is 13.3 Å². The van der Waals surface area contributed by atoms with Crippen molar-refractivity contribution in [3.63, 3.8) is 0 Å². The van der Waals surface area contributed by atoms with Crippen molar-refractivity contribution < 1.29 is 4.74 Å². The summed E-state index contributed by atoms with van der Waals surface area (Å²) >= 11 is 0. The molecule has 1 atom stereocenters. The number of nitrogens with zero attached hydrogens (tertiary/aromatic N) is 2. The number of hydrogen-bond acceptors (Lipinski definition) is 3. The van der Waals surface area contributed by atoms with E-state index in [0.717, 1.165) is 18.7 Å². The second-order valence-corrected chi connectivity index (χ2v) is 4.57. The molecule has 2 heterocycles. The first-order valence-corrected chi connectivity index (χ1v) is 6.19. The Bertz CT molecular complexity index is 486. The molecule has 3 rings (SSSR count). The van der Waals surface area contributed by atoms with Crippen molar-refractivity contribution in [3.8, 4) is 0 Å². The van der Waals surface area contributed by atoms with E-state index < -0.39 is 0 Å². The van der Waals surface area contributed by atoms with Gasteiger partial charge in [-0.05, 0) is 11.6 Å². The first kappa shape index (κ1) is 11.4. The highest BCUT2D eigenvalue weighted by atomic mass is 16.5. The minimum atomic E-state index is 0.155. The molecule has 2 aromatic rings. The number of aromatic nitrogens is 1. The molecule has 1 fully saturated rings. The summed E-state index contributed by atoms with van der Waals surface area (Å²) in [5, 5.41) is 0.